The summed E-state index contributed by atoms with van der Waals surface area (Å²) in [4.78, 5) is 51.5. The lowest BCUT2D eigenvalue weighted by atomic mass is 10.1. The molecule has 0 spiro atoms. The van der Waals surface area contributed by atoms with E-state index in [9.17, 15) is 0 Å². The molecule has 18 heteroatoms. The van der Waals surface area contributed by atoms with E-state index in [-0.39, 0.29) is 0 Å². The Morgan fingerprint density at radius 3 is 1.01 bits per heavy atom. The highest BCUT2D eigenvalue weighted by atomic mass is 15.1. The van der Waals surface area contributed by atoms with Gasteiger partial charge >= 0.3 is 0 Å². The number of aromatic nitrogens is 18. The van der Waals surface area contributed by atoms with Crippen LogP contribution in [0.25, 0.3) is 77.8 Å². The highest BCUT2D eigenvalue weighted by Crippen LogP contribution is 2.25. The van der Waals surface area contributed by atoms with Crippen molar-refractivity contribution in [1.82, 2.24) is 86.5 Å². The fraction of sp³-hybridized carbons (Fsp3) is 0.348. The molecule has 18 nitrogen and oxygen atoms in total. The Balaban J connectivity index is 0.000000611. The second kappa shape index (κ2) is 53.4. The summed E-state index contributed by atoms with van der Waals surface area (Å²) in [5.41, 5.74) is 22.0. The first kappa shape index (κ1) is 96.6. The van der Waals surface area contributed by atoms with Crippen LogP contribution in [0.4, 0.5) is 0 Å². The number of para-hydroxylation sites is 4. The first-order valence-electron chi connectivity index (χ1n) is 39.3. The molecule has 17 rings (SSSR count). The fourth-order valence-corrected chi connectivity index (χ4v) is 10.3. The molecule has 0 aliphatic carbocycles. The molecule has 0 bridgehead atoms. The monoisotopic (exact) mass is 1490 g/mol. The van der Waals surface area contributed by atoms with Gasteiger partial charge in [0.05, 0.1) is 66.9 Å². The number of fused-ring (bicyclic) bond motifs is 10. The third-order valence-corrected chi connectivity index (χ3v) is 16.2. The van der Waals surface area contributed by atoms with Gasteiger partial charge in [0.2, 0.25) is 11.6 Å². The third kappa shape index (κ3) is 26.8. The Hall–Kier alpha value is -11.4. The van der Waals surface area contributed by atoms with Gasteiger partial charge in [0.1, 0.15) is 22.9 Å². The standard InChI is InChI=1S/C13H10N2.4C9H10N2.C9H8N2.2C8H9N3.9C2H6/c1-9-8-10-4-2-6-14-12(10)13-11(9)5-3-7-15-13;2*1-7-10-8-5-3-4-6-9(8)11(7)2;2*1-7-8(2)11-6-4-3-5-9(11)10-7;1-7-4-6-10-8-3-2-5-11-9(7)8;2*1-6-7(2)11-5-3-4-9-8(11)10-6;9*1-2/h2-8H,1H3;4*3-6H,1-2H3;2-6H,1H3;2*3-5H,1-2H3;9*1-2H3. The Bertz CT molecular complexity index is 4730. The maximum absolute atomic E-state index is 4.41. The molecule has 14 heterocycles. The molecule has 0 fully saturated rings. The molecule has 0 aliphatic heterocycles. The zero-order chi connectivity index (χ0) is 83.0. The van der Waals surface area contributed by atoms with E-state index in [1.807, 2.05) is 362 Å². The molecule has 110 heavy (non-hydrogen) atoms. The van der Waals surface area contributed by atoms with Crippen LogP contribution < -0.4 is 0 Å². The molecule has 0 radical (unpaired) electrons. The molecular formula is C92H130N18. The van der Waals surface area contributed by atoms with Crippen LogP contribution >= 0.6 is 0 Å². The Morgan fingerprint density at radius 2 is 0.600 bits per heavy atom. The van der Waals surface area contributed by atoms with E-state index in [4.69, 9.17) is 0 Å². The second-order valence-electron chi connectivity index (χ2n) is 22.1. The quantitative estimate of drug-likeness (QED) is 0.131. The van der Waals surface area contributed by atoms with Crippen LogP contribution in [-0.4, -0.2) is 86.5 Å². The predicted octanol–water partition coefficient (Wildman–Crippen LogP) is 24.6. The van der Waals surface area contributed by atoms with Crippen molar-refractivity contribution in [3.05, 3.63) is 276 Å². The molecule has 0 saturated carbocycles. The lowest BCUT2D eigenvalue weighted by Crippen LogP contribution is -1.89. The summed E-state index contributed by atoms with van der Waals surface area (Å²) < 4.78 is 12.3. The molecule has 0 atom stereocenters. The number of hydrogen-bond acceptors (Lipinski definition) is 12. The van der Waals surface area contributed by atoms with Crippen LogP contribution in [0, 0.1) is 83.1 Å². The summed E-state index contributed by atoms with van der Waals surface area (Å²) in [6.07, 6.45) is 18.7. The largest absolute Gasteiger partial charge is 0.331 e. The summed E-state index contributed by atoms with van der Waals surface area (Å²) >= 11 is 0. The molecule has 17 aromatic rings. The highest BCUT2D eigenvalue weighted by Gasteiger charge is 2.08. The Morgan fingerprint density at radius 1 is 0.255 bits per heavy atom. The number of rotatable bonds is 0. The normalized spacial score (nSPS) is 9.45. The molecule has 0 unspecified atom stereocenters. The topological polar surface area (TPSA) is 182 Å². The van der Waals surface area contributed by atoms with Crippen molar-refractivity contribution in [1.29, 1.82) is 0 Å². The van der Waals surface area contributed by atoms with Crippen molar-refractivity contribution in [3.63, 3.8) is 0 Å². The summed E-state index contributed by atoms with van der Waals surface area (Å²) in [6.45, 7) is 60.4. The van der Waals surface area contributed by atoms with Crippen LogP contribution in [0.1, 0.15) is 193 Å². The van der Waals surface area contributed by atoms with Crippen molar-refractivity contribution in [2.24, 2.45) is 14.1 Å². The minimum absolute atomic E-state index is 0.780. The summed E-state index contributed by atoms with van der Waals surface area (Å²) in [6, 6.07) is 48.2. The molecule has 0 amide bonds. The molecular weight excluding hydrogens is 1360 g/mol. The zero-order valence-electron chi connectivity index (χ0n) is 72.7. The minimum atomic E-state index is 0.780. The van der Waals surface area contributed by atoms with Gasteiger partial charge in [0, 0.05) is 110 Å². The zero-order valence-corrected chi connectivity index (χ0v) is 72.7. The van der Waals surface area contributed by atoms with E-state index >= 15 is 0 Å². The van der Waals surface area contributed by atoms with Gasteiger partial charge in [0.25, 0.3) is 0 Å². The van der Waals surface area contributed by atoms with Gasteiger partial charge in [-0.05, 0) is 191 Å². The molecule has 0 aliphatic rings. The van der Waals surface area contributed by atoms with Gasteiger partial charge < -0.3 is 17.9 Å². The lowest BCUT2D eigenvalue weighted by Gasteiger charge is -2.04. The number of nitrogens with zero attached hydrogens (tertiary/aromatic N) is 18. The van der Waals surface area contributed by atoms with E-state index in [0.717, 1.165) is 107 Å². The average Bonchev–Trinajstić information content (AvgIpc) is 1.22. The fourth-order valence-electron chi connectivity index (χ4n) is 10.3. The van der Waals surface area contributed by atoms with E-state index in [2.05, 4.69) is 129 Å². The molecule has 588 valence electrons. The van der Waals surface area contributed by atoms with E-state index in [1.165, 1.54) is 38.9 Å². The van der Waals surface area contributed by atoms with Crippen molar-refractivity contribution in [2.75, 3.05) is 0 Å². The van der Waals surface area contributed by atoms with Gasteiger partial charge in [-0.2, -0.15) is 0 Å². The van der Waals surface area contributed by atoms with Crippen LogP contribution in [0.3, 0.4) is 0 Å². The number of hydrogen-bond donors (Lipinski definition) is 0. The minimum Gasteiger partial charge on any atom is -0.331 e. The van der Waals surface area contributed by atoms with Crippen LogP contribution in [0.5, 0.6) is 0 Å². The van der Waals surface area contributed by atoms with Crippen molar-refractivity contribution in [2.45, 2.75) is 208 Å². The van der Waals surface area contributed by atoms with Crippen LogP contribution in [0.2, 0.25) is 0 Å². The predicted molar refractivity (Wildman–Crippen MR) is 473 cm³/mol. The molecule has 0 N–H and O–H groups in total. The highest BCUT2D eigenvalue weighted by molar-refractivity contribution is 6.04. The first-order chi connectivity index (χ1) is 53.5. The van der Waals surface area contributed by atoms with Gasteiger partial charge in [-0.1, -0.05) is 173 Å². The van der Waals surface area contributed by atoms with Gasteiger partial charge in [0.15, 0.2) is 0 Å². The molecule has 3 aromatic carbocycles. The van der Waals surface area contributed by atoms with E-state index < -0.39 is 0 Å². The summed E-state index contributed by atoms with van der Waals surface area (Å²) in [7, 11) is 4.06. The van der Waals surface area contributed by atoms with Crippen molar-refractivity contribution in [3.8, 4) is 0 Å². The molecule has 14 aromatic heterocycles. The number of benzene rings is 3. The summed E-state index contributed by atoms with van der Waals surface area (Å²) in [5, 5.41) is 2.34. The van der Waals surface area contributed by atoms with Crippen molar-refractivity contribution >= 4 is 77.8 Å². The lowest BCUT2D eigenvalue weighted by molar-refractivity contribution is 0.886. The van der Waals surface area contributed by atoms with Gasteiger partial charge in [-0.3, -0.25) is 28.7 Å². The van der Waals surface area contributed by atoms with Gasteiger partial charge in [-0.25, -0.2) is 39.9 Å². The Labute approximate surface area is 658 Å². The van der Waals surface area contributed by atoms with Gasteiger partial charge in [-0.15, -0.1) is 0 Å². The maximum atomic E-state index is 4.41. The average molecular weight is 1490 g/mol. The summed E-state index contributed by atoms with van der Waals surface area (Å²) in [5.74, 6) is 3.68. The van der Waals surface area contributed by atoms with Crippen LogP contribution in [0.15, 0.2) is 208 Å². The van der Waals surface area contributed by atoms with E-state index in [0.29, 0.717) is 0 Å². The second-order valence-corrected chi connectivity index (χ2v) is 22.1. The smallest absolute Gasteiger partial charge is 0.234 e. The maximum Gasteiger partial charge on any atom is 0.234 e. The van der Waals surface area contributed by atoms with Crippen molar-refractivity contribution < 1.29 is 0 Å². The van der Waals surface area contributed by atoms with E-state index in [1.54, 1.807) is 24.8 Å². The first-order valence-corrected chi connectivity index (χ1v) is 39.3. The Kier molecular flexibility index (Phi) is 46.9. The van der Waals surface area contributed by atoms with Crippen LogP contribution in [-0.2, 0) is 14.1 Å². The number of aryl methyl sites for hydroxylation is 14. The number of pyridine rings is 6. The molecule has 0 saturated heterocycles. The SMILES string of the molecule is CC.CC.CC.CC.CC.CC.CC.CC.CC.Cc1cc2cccnc2c2ncccc12.Cc1ccnc2cccnc12.Cc1nc2ccccc2n1C.Cc1nc2ccccc2n1C.Cc1nc2ccccn2c1C.Cc1nc2ccccn2c1C.Cc1nc2ncccn2c1C.Cc1nc2ncccn2c1C. The number of imidazole rings is 6. The third-order valence-electron chi connectivity index (χ3n) is 16.2.